The average molecular weight is 286 g/mol. The van der Waals surface area contributed by atoms with Gasteiger partial charge in [-0.05, 0) is 13.3 Å². The Morgan fingerprint density at radius 1 is 1.62 bits per heavy atom. The predicted octanol–water partition coefficient (Wildman–Crippen LogP) is 1.51. The third-order valence-electron chi connectivity index (χ3n) is 1.78. The molecule has 0 radical (unpaired) electrons. The molecule has 1 heterocycles. The molecule has 1 amide bonds. The van der Waals surface area contributed by atoms with E-state index in [0.717, 1.165) is 11.4 Å². The van der Waals surface area contributed by atoms with Crippen LogP contribution in [-0.2, 0) is 17.8 Å². The molecule has 4 nitrogen and oxygen atoms in total. The number of nitrogens with one attached hydrogen (secondary N) is 1. The van der Waals surface area contributed by atoms with Gasteiger partial charge in [-0.3, -0.25) is 4.79 Å². The van der Waals surface area contributed by atoms with E-state index in [2.05, 4.69) is 17.2 Å². The Hall–Kier alpha value is -0.360. The fourth-order valence-electron chi connectivity index (χ4n) is 0.917. The van der Waals surface area contributed by atoms with E-state index in [0.29, 0.717) is 6.54 Å². The number of rotatable bonds is 4. The first kappa shape index (κ1) is 18.0. The van der Waals surface area contributed by atoms with Crippen LogP contribution in [0.1, 0.15) is 23.7 Å². The normalized spacial score (nSPS) is 10.9. The Bertz CT molecular complexity index is 317. The van der Waals surface area contributed by atoms with E-state index in [1.54, 1.807) is 18.3 Å². The maximum atomic E-state index is 11.1. The molecule has 16 heavy (non-hydrogen) atoms. The van der Waals surface area contributed by atoms with Crippen molar-refractivity contribution in [2.45, 2.75) is 32.9 Å². The van der Waals surface area contributed by atoms with Crippen LogP contribution in [0.4, 0.5) is 0 Å². The van der Waals surface area contributed by atoms with Crippen LogP contribution in [0.2, 0.25) is 0 Å². The van der Waals surface area contributed by atoms with Crippen molar-refractivity contribution in [3.63, 3.8) is 0 Å². The number of amides is 1. The van der Waals surface area contributed by atoms with Crippen molar-refractivity contribution in [1.82, 2.24) is 10.3 Å². The Labute approximate surface area is 112 Å². The molecule has 0 saturated carbocycles. The van der Waals surface area contributed by atoms with E-state index < -0.39 is 6.04 Å². The van der Waals surface area contributed by atoms with Crippen molar-refractivity contribution in [2.75, 3.05) is 0 Å². The second-order valence-corrected chi connectivity index (χ2v) is 4.28. The van der Waals surface area contributed by atoms with Gasteiger partial charge in [0.05, 0.1) is 12.6 Å². The van der Waals surface area contributed by atoms with Gasteiger partial charge in [-0.15, -0.1) is 36.2 Å². The summed E-state index contributed by atoms with van der Waals surface area (Å²) in [5.74, 6) is -0.141. The zero-order valence-electron chi connectivity index (χ0n) is 9.23. The largest absolute Gasteiger partial charge is 0.348 e. The van der Waals surface area contributed by atoms with Crippen LogP contribution < -0.4 is 11.1 Å². The number of hydrogen-bond donors (Lipinski definition) is 2. The zero-order valence-corrected chi connectivity index (χ0v) is 11.7. The number of halogens is 2. The molecule has 0 spiro atoms. The third kappa shape index (κ3) is 5.65. The summed E-state index contributed by atoms with van der Waals surface area (Å²) >= 11 is 1.62. The maximum absolute atomic E-state index is 11.1. The monoisotopic (exact) mass is 285 g/mol. The van der Waals surface area contributed by atoms with Crippen LogP contribution in [0.3, 0.4) is 0 Å². The van der Waals surface area contributed by atoms with Crippen LogP contribution in [0.5, 0.6) is 0 Å². The Morgan fingerprint density at radius 2 is 2.25 bits per heavy atom. The lowest BCUT2D eigenvalue weighted by atomic mass is 10.3. The van der Waals surface area contributed by atoms with Gasteiger partial charge in [-0.1, -0.05) is 6.92 Å². The summed E-state index contributed by atoms with van der Waals surface area (Å²) in [6.07, 6.45) is 2.83. The summed E-state index contributed by atoms with van der Waals surface area (Å²) < 4.78 is 0. The van der Waals surface area contributed by atoms with Gasteiger partial charge in [0, 0.05) is 11.1 Å². The van der Waals surface area contributed by atoms with Gasteiger partial charge in [0.25, 0.3) is 0 Å². The van der Waals surface area contributed by atoms with Crippen LogP contribution >= 0.6 is 36.2 Å². The van der Waals surface area contributed by atoms with Crippen molar-refractivity contribution in [2.24, 2.45) is 5.73 Å². The molecule has 1 atom stereocenters. The highest BCUT2D eigenvalue weighted by Crippen LogP contribution is 2.12. The quantitative estimate of drug-likeness (QED) is 0.881. The molecule has 94 valence electrons. The first-order valence-electron chi connectivity index (χ1n) is 4.60. The maximum Gasteiger partial charge on any atom is 0.236 e. The van der Waals surface area contributed by atoms with Crippen molar-refractivity contribution in [3.8, 4) is 0 Å². The molecule has 1 aromatic heterocycles. The van der Waals surface area contributed by atoms with E-state index >= 15 is 0 Å². The highest BCUT2D eigenvalue weighted by Gasteiger charge is 2.07. The summed E-state index contributed by atoms with van der Waals surface area (Å²) in [5.41, 5.74) is 5.40. The van der Waals surface area contributed by atoms with E-state index in [9.17, 15) is 4.79 Å². The average Bonchev–Trinajstić information content (AvgIpc) is 2.61. The molecular formula is C9H17Cl2N3OS. The summed E-state index contributed by atoms with van der Waals surface area (Å²) in [5, 5.41) is 3.65. The van der Waals surface area contributed by atoms with Gasteiger partial charge < -0.3 is 11.1 Å². The predicted molar refractivity (Wildman–Crippen MR) is 71.5 cm³/mol. The minimum atomic E-state index is -0.458. The fourth-order valence-corrected chi connectivity index (χ4v) is 1.72. The molecule has 0 unspecified atom stereocenters. The van der Waals surface area contributed by atoms with E-state index in [4.69, 9.17) is 5.73 Å². The molecule has 0 aliphatic heterocycles. The topological polar surface area (TPSA) is 68.0 Å². The number of aryl methyl sites for hydroxylation is 1. The SMILES string of the molecule is CCc1cnc(CNC(=O)[C@H](C)N)s1.Cl.Cl. The summed E-state index contributed by atoms with van der Waals surface area (Å²) in [6, 6.07) is -0.458. The summed E-state index contributed by atoms with van der Waals surface area (Å²) in [7, 11) is 0. The molecule has 1 aromatic rings. The molecule has 7 heteroatoms. The first-order chi connectivity index (χ1) is 6.63. The van der Waals surface area contributed by atoms with Gasteiger partial charge in [-0.2, -0.15) is 0 Å². The smallest absolute Gasteiger partial charge is 0.236 e. The van der Waals surface area contributed by atoms with Gasteiger partial charge in [0.2, 0.25) is 5.91 Å². The van der Waals surface area contributed by atoms with Crippen molar-refractivity contribution in [3.05, 3.63) is 16.1 Å². The summed E-state index contributed by atoms with van der Waals surface area (Å²) in [4.78, 5) is 16.5. The Balaban J connectivity index is 0. The van der Waals surface area contributed by atoms with Crippen LogP contribution in [0.25, 0.3) is 0 Å². The number of hydrogen-bond acceptors (Lipinski definition) is 4. The Kier molecular flexibility index (Phi) is 9.86. The summed E-state index contributed by atoms with van der Waals surface area (Å²) in [6.45, 7) is 4.22. The number of carbonyl (C=O) groups is 1. The minimum absolute atomic E-state index is 0. The molecule has 0 aromatic carbocycles. The Morgan fingerprint density at radius 3 is 2.69 bits per heavy atom. The lowest BCUT2D eigenvalue weighted by Gasteiger charge is -2.04. The number of nitrogens with two attached hydrogens (primary N) is 1. The van der Waals surface area contributed by atoms with Crippen molar-refractivity contribution in [1.29, 1.82) is 0 Å². The van der Waals surface area contributed by atoms with E-state index in [-0.39, 0.29) is 30.7 Å². The highest BCUT2D eigenvalue weighted by atomic mass is 35.5. The van der Waals surface area contributed by atoms with Crippen LogP contribution in [-0.4, -0.2) is 16.9 Å². The molecule has 1 rings (SSSR count). The molecule has 0 aliphatic rings. The van der Waals surface area contributed by atoms with Gasteiger partial charge in [-0.25, -0.2) is 4.98 Å². The first-order valence-corrected chi connectivity index (χ1v) is 5.42. The zero-order chi connectivity index (χ0) is 10.6. The van der Waals surface area contributed by atoms with Crippen molar-refractivity contribution >= 4 is 42.1 Å². The lowest BCUT2D eigenvalue weighted by Crippen LogP contribution is -2.37. The molecule has 0 saturated heterocycles. The molecule has 0 bridgehead atoms. The van der Waals surface area contributed by atoms with Crippen LogP contribution in [0.15, 0.2) is 6.20 Å². The minimum Gasteiger partial charge on any atom is -0.348 e. The lowest BCUT2D eigenvalue weighted by molar-refractivity contribution is -0.122. The van der Waals surface area contributed by atoms with Crippen molar-refractivity contribution < 1.29 is 4.79 Å². The van der Waals surface area contributed by atoms with E-state index in [1.807, 2.05) is 6.20 Å². The molecular weight excluding hydrogens is 269 g/mol. The van der Waals surface area contributed by atoms with Crippen LogP contribution in [0, 0.1) is 0 Å². The second-order valence-electron chi connectivity index (χ2n) is 3.08. The fraction of sp³-hybridized carbons (Fsp3) is 0.556. The van der Waals surface area contributed by atoms with Gasteiger partial charge in [0.15, 0.2) is 0 Å². The number of nitrogens with zero attached hydrogens (tertiary/aromatic N) is 1. The van der Waals surface area contributed by atoms with E-state index in [1.165, 1.54) is 4.88 Å². The second kappa shape index (κ2) is 8.75. The molecule has 0 aliphatic carbocycles. The standard InChI is InChI=1S/C9H15N3OS.2ClH/c1-3-7-4-11-8(14-7)5-12-9(13)6(2)10;;/h4,6H,3,5,10H2,1-2H3,(H,12,13);2*1H/t6-;;/m0../s1. The highest BCUT2D eigenvalue weighted by molar-refractivity contribution is 7.11. The third-order valence-corrected chi connectivity index (χ3v) is 2.92. The molecule has 3 N–H and O–H groups in total. The van der Waals surface area contributed by atoms with Gasteiger partial charge >= 0.3 is 0 Å². The number of aromatic nitrogens is 1. The molecule has 0 fully saturated rings. The number of thiazole rings is 1. The number of carbonyl (C=O) groups excluding carboxylic acids is 1. The van der Waals surface area contributed by atoms with Gasteiger partial charge in [0.1, 0.15) is 5.01 Å².